The minimum atomic E-state index is -0.402. The standard InChI is InChI=1S/C20H22N4O2/c1-25-18-10-9-14(6-4-5-11-23-24-22)12-16(18)20(21)19-13-15-7-2-3-8-17(15)26-19/h2-3,7-10,12-13,20H,4-6,11,21H2,1H3. The average Bonchev–Trinajstić information content (AvgIpc) is 3.11. The van der Waals surface area contributed by atoms with Crippen molar-refractivity contribution in [3.8, 4) is 5.75 Å². The Morgan fingerprint density at radius 1 is 1.19 bits per heavy atom. The second-order valence-electron chi connectivity index (χ2n) is 6.15. The minimum absolute atomic E-state index is 0.402. The van der Waals surface area contributed by atoms with Crippen LogP contribution in [-0.2, 0) is 6.42 Å². The molecule has 0 spiro atoms. The maximum atomic E-state index is 8.32. The number of nitrogens with zero attached hydrogens (tertiary/aromatic N) is 3. The lowest BCUT2D eigenvalue weighted by atomic mass is 9.98. The highest BCUT2D eigenvalue weighted by Gasteiger charge is 2.18. The van der Waals surface area contributed by atoms with E-state index in [1.807, 2.05) is 42.5 Å². The van der Waals surface area contributed by atoms with Crippen LogP contribution in [0.2, 0.25) is 0 Å². The van der Waals surface area contributed by atoms with Crippen LogP contribution in [0, 0.1) is 0 Å². The molecule has 1 aromatic heterocycles. The van der Waals surface area contributed by atoms with Crippen LogP contribution >= 0.6 is 0 Å². The van der Waals surface area contributed by atoms with Crippen molar-refractivity contribution >= 4 is 11.0 Å². The van der Waals surface area contributed by atoms with E-state index in [4.69, 9.17) is 20.4 Å². The van der Waals surface area contributed by atoms with Gasteiger partial charge in [0.15, 0.2) is 0 Å². The van der Waals surface area contributed by atoms with Crippen molar-refractivity contribution in [3.05, 3.63) is 75.9 Å². The lowest BCUT2D eigenvalue weighted by molar-refractivity contribution is 0.404. The largest absolute Gasteiger partial charge is 0.496 e. The fourth-order valence-electron chi connectivity index (χ4n) is 3.05. The van der Waals surface area contributed by atoms with Gasteiger partial charge in [-0.2, -0.15) is 0 Å². The summed E-state index contributed by atoms with van der Waals surface area (Å²) in [6.07, 6.45) is 2.70. The predicted molar refractivity (Wildman–Crippen MR) is 102 cm³/mol. The van der Waals surface area contributed by atoms with Gasteiger partial charge in [-0.15, -0.1) is 0 Å². The molecule has 0 bridgehead atoms. The third-order valence-electron chi connectivity index (χ3n) is 4.42. The lowest BCUT2D eigenvalue weighted by Gasteiger charge is -2.15. The molecule has 134 valence electrons. The van der Waals surface area contributed by atoms with E-state index in [1.54, 1.807) is 7.11 Å². The smallest absolute Gasteiger partial charge is 0.134 e. The summed E-state index contributed by atoms with van der Waals surface area (Å²) in [5.74, 6) is 1.46. The highest BCUT2D eigenvalue weighted by atomic mass is 16.5. The summed E-state index contributed by atoms with van der Waals surface area (Å²) in [4.78, 5) is 2.77. The van der Waals surface area contributed by atoms with Gasteiger partial charge in [0.05, 0.1) is 13.2 Å². The number of methoxy groups -OCH3 is 1. The number of azide groups is 1. The molecule has 0 aliphatic carbocycles. The predicted octanol–water partition coefficient (Wildman–Crippen LogP) is 5.12. The first-order valence-electron chi connectivity index (χ1n) is 8.64. The number of furan rings is 1. The van der Waals surface area contributed by atoms with E-state index in [-0.39, 0.29) is 0 Å². The van der Waals surface area contributed by atoms with E-state index in [9.17, 15) is 0 Å². The molecule has 0 saturated carbocycles. The third kappa shape index (κ3) is 3.99. The molecule has 2 aromatic carbocycles. The van der Waals surface area contributed by atoms with Gasteiger partial charge in [-0.05, 0) is 48.6 Å². The number of nitrogens with two attached hydrogens (primary N) is 1. The molecular formula is C20H22N4O2. The molecule has 0 fully saturated rings. The second kappa shape index (κ2) is 8.43. The molecule has 3 aromatic rings. The lowest BCUT2D eigenvalue weighted by Crippen LogP contribution is -2.12. The highest BCUT2D eigenvalue weighted by Crippen LogP contribution is 2.32. The maximum absolute atomic E-state index is 8.32. The van der Waals surface area contributed by atoms with Gasteiger partial charge in [0.2, 0.25) is 0 Å². The average molecular weight is 350 g/mol. The Kier molecular flexibility index (Phi) is 5.79. The third-order valence-corrected chi connectivity index (χ3v) is 4.42. The Hall–Kier alpha value is -2.95. The molecule has 1 heterocycles. The molecule has 0 saturated heterocycles. The van der Waals surface area contributed by atoms with Gasteiger partial charge in [0.1, 0.15) is 17.1 Å². The number of ether oxygens (including phenoxy) is 1. The first-order valence-corrected chi connectivity index (χ1v) is 8.64. The molecule has 1 unspecified atom stereocenters. The summed E-state index contributed by atoms with van der Waals surface area (Å²) >= 11 is 0. The van der Waals surface area contributed by atoms with Crippen molar-refractivity contribution in [2.24, 2.45) is 10.8 Å². The van der Waals surface area contributed by atoms with Crippen molar-refractivity contribution in [1.82, 2.24) is 0 Å². The summed E-state index contributed by atoms with van der Waals surface area (Å²) in [5.41, 5.74) is 17.7. The van der Waals surface area contributed by atoms with Gasteiger partial charge in [-0.1, -0.05) is 35.4 Å². The molecule has 0 radical (unpaired) electrons. The summed E-state index contributed by atoms with van der Waals surface area (Å²) in [6, 6.07) is 15.5. The summed E-state index contributed by atoms with van der Waals surface area (Å²) < 4.78 is 11.4. The van der Waals surface area contributed by atoms with Crippen LogP contribution in [0.25, 0.3) is 21.4 Å². The first-order chi connectivity index (χ1) is 12.7. The summed E-state index contributed by atoms with van der Waals surface area (Å²) in [7, 11) is 1.64. The van der Waals surface area contributed by atoms with E-state index in [2.05, 4.69) is 16.1 Å². The zero-order valence-corrected chi connectivity index (χ0v) is 14.8. The first kappa shape index (κ1) is 17.9. The molecule has 0 aliphatic heterocycles. The second-order valence-corrected chi connectivity index (χ2v) is 6.15. The molecular weight excluding hydrogens is 328 g/mol. The summed E-state index contributed by atoms with van der Waals surface area (Å²) in [6.45, 7) is 0.526. The van der Waals surface area contributed by atoms with Crippen molar-refractivity contribution in [2.45, 2.75) is 25.3 Å². The Labute approximate surface area is 152 Å². The Balaban J connectivity index is 1.82. The monoisotopic (exact) mass is 350 g/mol. The number of unbranched alkanes of at least 4 members (excludes halogenated alkanes) is 1. The number of aryl methyl sites for hydroxylation is 1. The van der Waals surface area contributed by atoms with Crippen LogP contribution in [0.1, 0.15) is 35.8 Å². The van der Waals surface area contributed by atoms with Crippen molar-refractivity contribution < 1.29 is 9.15 Å². The zero-order valence-electron chi connectivity index (χ0n) is 14.8. The van der Waals surface area contributed by atoms with E-state index in [0.717, 1.165) is 41.5 Å². The fraction of sp³-hybridized carbons (Fsp3) is 0.300. The van der Waals surface area contributed by atoms with Crippen LogP contribution in [0.15, 0.2) is 58.1 Å². The molecule has 26 heavy (non-hydrogen) atoms. The van der Waals surface area contributed by atoms with Gasteiger partial charge in [0.25, 0.3) is 0 Å². The van der Waals surface area contributed by atoms with Gasteiger partial charge in [0, 0.05) is 22.4 Å². The van der Waals surface area contributed by atoms with Crippen molar-refractivity contribution in [3.63, 3.8) is 0 Å². The normalized spacial score (nSPS) is 11.9. The molecule has 3 rings (SSSR count). The molecule has 6 nitrogen and oxygen atoms in total. The Morgan fingerprint density at radius 2 is 2.04 bits per heavy atom. The van der Waals surface area contributed by atoms with E-state index in [1.165, 1.54) is 5.56 Å². The SMILES string of the molecule is COc1ccc(CCCCN=[N+]=[N-])cc1C(N)c1cc2ccccc2o1. The molecule has 1 atom stereocenters. The van der Waals surface area contributed by atoms with Crippen LogP contribution in [-0.4, -0.2) is 13.7 Å². The fourth-order valence-corrected chi connectivity index (χ4v) is 3.05. The van der Waals surface area contributed by atoms with Crippen LogP contribution in [0.3, 0.4) is 0 Å². The number of fused-ring (bicyclic) bond motifs is 1. The number of para-hydroxylation sites is 1. The highest BCUT2D eigenvalue weighted by molar-refractivity contribution is 5.78. The van der Waals surface area contributed by atoms with Crippen LogP contribution in [0.4, 0.5) is 0 Å². The molecule has 0 amide bonds. The van der Waals surface area contributed by atoms with E-state index >= 15 is 0 Å². The van der Waals surface area contributed by atoms with E-state index < -0.39 is 6.04 Å². The zero-order chi connectivity index (χ0) is 18.4. The minimum Gasteiger partial charge on any atom is -0.496 e. The van der Waals surface area contributed by atoms with Crippen molar-refractivity contribution in [1.29, 1.82) is 0 Å². The number of hydrogen-bond donors (Lipinski definition) is 1. The van der Waals surface area contributed by atoms with E-state index in [0.29, 0.717) is 12.3 Å². The summed E-state index contributed by atoms with van der Waals surface area (Å²) in [5, 5.41) is 4.60. The van der Waals surface area contributed by atoms with Gasteiger partial charge in [-0.25, -0.2) is 0 Å². The van der Waals surface area contributed by atoms with Gasteiger partial charge >= 0.3 is 0 Å². The van der Waals surface area contributed by atoms with Gasteiger partial charge < -0.3 is 14.9 Å². The molecule has 2 N–H and O–H groups in total. The van der Waals surface area contributed by atoms with Crippen molar-refractivity contribution in [2.75, 3.05) is 13.7 Å². The quantitative estimate of drug-likeness (QED) is 0.264. The topological polar surface area (TPSA) is 97.1 Å². The van der Waals surface area contributed by atoms with Crippen LogP contribution < -0.4 is 10.5 Å². The molecule has 0 aliphatic rings. The van der Waals surface area contributed by atoms with Crippen LogP contribution in [0.5, 0.6) is 5.75 Å². The Morgan fingerprint density at radius 3 is 2.81 bits per heavy atom. The maximum Gasteiger partial charge on any atom is 0.134 e. The number of hydrogen-bond acceptors (Lipinski definition) is 4. The molecule has 6 heteroatoms. The number of benzene rings is 2. The van der Waals surface area contributed by atoms with Gasteiger partial charge in [-0.3, -0.25) is 0 Å². The number of rotatable bonds is 8. The Bertz CT molecular complexity index is 895.